The number of methoxy groups -OCH3 is 1. The lowest BCUT2D eigenvalue weighted by Crippen LogP contribution is -2.11. The van der Waals surface area contributed by atoms with Gasteiger partial charge < -0.3 is 9.47 Å². The third-order valence-corrected chi connectivity index (χ3v) is 4.29. The molecule has 0 spiro atoms. The molecule has 0 saturated heterocycles. The molecule has 0 aliphatic rings. The Balaban J connectivity index is 2.33. The number of esters is 1. The summed E-state index contributed by atoms with van der Waals surface area (Å²) in [4.78, 5) is 12.0. The Morgan fingerprint density at radius 1 is 1.17 bits per heavy atom. The van der Waals surface area contributed by atoms with Gasteiger partial charge in [-0.3, -0.25) is 0 Å². The molecule has 0 unspecified atom stereocenters. The van der Waals surface area contributed by atoms with Crippen molar-refractivity contribution in [3.63, 3.8) is 0 Å². The molecular weight excluding hydrogens is 312 g/mol. The maximum Gasteiger partial charge on any atom is 0.338 e. The van der Waals surface area contributed by atoms with Crippen LogP contribution in [-0.4, -0.2) is 13.1 Å². The lowest BCUT2D eigenvalue weighted by molar-refractivity contribution is 0.0597. The van der Waals surface area contributed by atoms with Crippen LogP contribution in [0.2, 0.25) is 5.02 Å². The molecule has 4 heteroatoms. The summed E-state index contributed by atoms with van der Waals surface area (Å²) >= 11 is 6.18. The first-order valence-electron chi connectivity index (χ1n) is 7.56. The van der Waals surface area contributed by atoms with Crippen LogP contribution in [0.3, 0.4) is 0 Å². The van der Waals surface area contributed by atoms with Crippen LogP contribution < -0.4 is 4.74 Å². The zero-order chi connectivity index (χ0) is 17.0. The molecule has 0 saturated carbocycles. The minimum absolute atomic E-state index is 0.300. The van der Waals surface area contributed by atoms with Crippen molar-refractivity contribution in [3.8, 4) is 5.75 Å². The lowest BCUT2D eigenvalue weighted by Gasteiger charge is -2.15. The highest BCUT2D eigenvalue weighted by atomic mass is 35.5. The first-order valence-corrected chi connectivity index (χ1v) is 7.94. The number of carbonyl (C=O) groups is 1. The number of aryl methyl sites for hydroxylation is 3. The number of ether oxygens (including phenoxy) is 2. The minimum atomic E-state index is -0.349. The van der Waals surface area contributed by atoms with Crippen molar-refractivity contribution in [2.75, 3.05) is 7.11 Å². The number of hydrogen-bond donors (Lipinski definition) is 0. The van der Waals surface area contributed by atoms with Crippen LogP contribution in [0.4, 0.5) is 0 Å². The highest BCUT2D eigenvalue weighted by Crippen LogP contribution is 2.28. The van der Waals surface area contributed by atoms with Gasteiger partial charge in [0.05, 0.1) is 12.7 Å². The van der Waals surface area contributed by atoms with E-state index in [9.17, 15) is 4.79 Å². The Labute approximate surface area is 142 Å². The van der Waals surface area contributed by atoms with E-state index in [-0.39, 0.29) is 5.97 Å². The third kappa shape index (κ3) is 3.85. The molecule has 0 heterocycles. The average Bonchev–Trinajstić information content (AvgIpc) is 2.55. The molecule has 0 bridgehead atoms. The summed E-state index contributed by atoms with van der Waals surface area (Å²) in [5, 5.41) is 0.669. The summed E-state index contributed by atoms with van der Waals surface area (Å²) in [6.07, 6.45) is 0.817. The van der Waals surface area contributed by atoms with Crippen LogP contribution in [0.15, 0.2) is 30.3 Å². The molecular formula is C19H21ClO3. The lowest BCUT2D eigenvalue weighted by atomic mass is 9.99. The van der Waals surface area contributed by atoms with Crippen molar-refractivity contribution >= 4 is 17.6 Å². The van der Waals surface area contributed by atoms with Gasteiger partial charge in [-0.05, 0) is 49.1 Å². The van der Waals surface area contributed by atoms with Gasteiger partial charge in [0.15, 0.2) is 0 Å². The Kier molecular flexibility index (Phi) is 5.67. The van der Waals surface area contributed by atoms with Gasteiger partial charge in [-0.1, -0.05) is 36.7 Å². The van der Waals surface area contributed by atoms with Crippen molar-refractivity contribution < 1.29 is 14.3 Å². The Hall–Kier alpha value is -2.00. The molecule has 0 amide bonds. The van der Waals surface area contributed by atoms with E-state index in [2.05, 4.69) is 0 Å². The number of rotatable bonds is 5. The number of hydrogen-bond acceptors (Lipinski definition) is 3. The van der Waals surface area contributed by atoms with E-state index in [1.165, 1.54) is 7.11 Å². The molecule has 23 heavy (non-hydrogen) atoms. The molecule has 2 rings (SSSR count). The molecule has 0 aliphatic heterocycles. The van der Waals surface area contributed by atoms with Crippen LogP contribution in [0.25, 0.3) is 0 Å². The molecule has 2 aromatic carbocycles. The first kappa shape index (κ1) is 17.4. The molecule has 2 aromatic rings. The van der Waals surface area contributed by atoms with Crippen molar-refractivity contribution in [3.05, 3.63) is 63.2 Å². The van der Waals surface area contributed by atoms with Crippen molar-refractivity contribution in [2.24, 2.45) is 0 Å². The summed E-state index contributed by atoms with van der Waals surface area (Å²) in [5.41, 5.74) is 4.51. The van der Waals surface area contributed by atoms with E-state index in [0.29, 0.717) is 17.2 Å². The molecule has 0 N–H and O–H groups in total. The second-order valence-electron chi connectivity index (χ2n) is 5.44. The van der Waals surface area contributed by atoms with Gasteiger partial charge in [-0.25, -0.2) is 4.79 Å². The van der Waals surface area contributed by atoms with Crippen molar-refractivity contribution in [1.29, 1.82) is 0 Å². The Morgan fingerprint density at radius 3 is 2.57 bits per heavy atom. The fourth-order valence-electron chi connectivity index (χ4n) is 2.55. The zero-order valence-corrected chi connectivity index (χ0v) is 14.7. The molecule has 0 radical (unpaired) electrons. The minimum Gasteiger partial charge on any atom is -0.489 e. The third-order valence-electron chi connectivity index (χ3n) is 3.89. The highest BCUT2D eigenvalue weighted by molar-refractivity contribution is 6.31. The van der Waals surface area contributed by atoms with Crippen molar-refractivity contribution in [2.45, 2.75) is 33.8 Å². The van der Waals surface area contributed by atoms with E-state index in [1.54, 1.807) is 6.07 Å². The SMILES string of the molecule is CCc1cccc(C(=O)OC)c1COc1cc(Cl)c(C)cc1C. The van der Waals surface area contributed by atoms with Gasteiger partial charge in [0.2, 0.25) is 0 Å². The van der Waals surface area contributed by atoms with Crippen LogP contribution in [0.5, 0.6) is 5.75 Å². The number of carbonyl (C=O) groups excluding carboxylic acids is 1. The standard InChI is InChI=1S/C19H21ClO3/c1-5-14-7-6-8-15(19(21)22-4)16(14)11-23-18-10-17(20)12(2)9-13(18)3/h6-10H,5,11H2,1-4H3. The molecule has 3 nitrogen and oxygen atoms in total. The van der Waals surface area contributed by atoms with Crippen LogP contribution in [-0.2, 0) is 17.8 Å². The van der Waals surface area contributed by atoms with E-state index in [1.807, 2.05) is 45.0 Å². The quantitative estimate of drug-likeness (QED) is 0.732. The number of halogens is 1. The Morgan fingerprint density at radius 2 is 1.91 bits per heavy atom. The molecule has 122 valence electrons. The molecule has 0 aromatic heterocycles. The van der Waals surface area contributed by atoms with Gasteiger partial charge in [-0.15, -0.1) is 0 Å². The summed E-state index contributed by atoms with van der Waals surface area (Å²) in [5.74, 6) is 0.375. The summed E-state index contributed by atoms with van der Waals surface area (Å²) in [6.45, 7) is 6.29. The summed E-state index contributed by atoms with van der Waals surface area (Å²) < 4.78 is 10.8. The fourth-order valence-corrected chi connectivity index (χ4v) is 2.70. The van der Waals surface area contributed by atoms with E-state index >= 15 is 0 Å². The van der Waals surface area contributed by atoms with Gasteiger partial charge >= 0.3 is 5.97 Å². The fraction of sp³-hybridized carbons (Fsp3) is 0.316. The maximum absolute atomic E-state index is 12.0. The molecule has 0 aliphatic carbocycles. The van der Waals surface area contributed by atoms with Gasteiger partial charge in [0.25, 0.3) is 0 Å². The topological polar surface area (TPSA) is 35.5 Å². The van der Waals surface area contributed by atoms with Crippen LogP contribution >= 0.6 is 11.6 Å². The Bertz CT molecular complexity index is 723. The van der Waals surface area contributed by atoms with E-state index in [0.717, 1.165) is 34.4 Å². The summed E-state index contributed by atoms with van der Waals surface area (Å²) in [7, 11) is 1.38. The monoisotopic (exact) mass is 332 g/mol. The first-order chi connectivity index (χ1) is 11.0. The van der Waals surface area contributed by atoms with Gasteiger partial charge in [0, 0.05) is 10.6 Å². The predicted molar refractivity (Wildman–Crippen MR) is 92.4 cm³/mol. The van der Waals surface area contributed by atoms with Gasteiger partial charge in [-0.2, -0.15) is 0 Å². The van der Waals surface area contributed by atoms with E-state index < -0.39 is 0 Å². The second kappa shape index (κ2) is 7.51. The number of benzene rings is 2. The molecule has 0 fully saturated rings. The molecule has 0 atom stereocenters. The largest absolute Gasteiger partial charge is 0.489 e. The van der Waals surface area contributed by atoms with Crippen molar-refractivity contribution in [1.82, 2.24) is 0 Å². The predicted octanol–water partition coefficient (Wildman–Crippen LogP) is 4.88. The van der Waals surface area contributed by atoms with Gasteiger partial charge in [0.1, 0.15) is 12.4 Å². The maximum atomic E-state index is 12.0. The second-order valence-corrected chi connectivity index (χ2v) is 5.85. The zero-order valence-electron chi connectivity index (χ0n) is 13.9. The average molecular weight is 333 g/mol. The van der Waals surface area contributed by atoms with Crippen LogP contribution in [0, 0.1) is 13.8 Å². The smallest absolute Gasteiger partial charge is 0.338 e. The highest BCUT2D eigenvalue weighted by Gasteiger charge is 2.16. The van der Waals surface area contributed by atoms with E-state index in [4.69, 9.17) is 21.1 Å². The summed E-state index contributed by atoms with van der Waals surface area (Å²) in [6, 6.07) is 9.44. The normalized spacial score (nSPS) is 10.5. The van der Waals surface area contributed by atoms with Crippen LogP contribution in [0.1, 0.15) is 39.5 Å².